The number of nitrogens with one attached hydrogen (secondary N) is 2. The fourth-order valence-electron chi connectivity index (χ4n) is 5.70. The Morgan fingerprint density at radius 1 is 0.947 bits per heavy atom. The number of anilines is 2. The second-order valence-corrected chi connectivity index (χ2v) is 10.2. The van der Waals surface area contributed by atoms with Gasteiger partial charge in [0, 0.05) is 35.3 Å². The SMILES string of the molecule is O=C(Nc1ccc(-c2cccc3ncoc23)c2c1C(=O)CC2)c1ccc(NCCCN2CCCCC2)cc1. The van der Waals surface area contributed by atoms with Crippen molar-refractivity contribution in [1.29, 1.82) is 0 Å². The van der Waals surface area contributed by atoms with Crippen LogP contribution in [-0.4, -0.2) is 47.8 Å². The van der Waals surface area contributed by atoms with E-state index in [0.717, 1.165) is 47.4 Å². The summed E-state index contributed by atoms with van der Waals surface area (Å²) >= 11 is 0. The molecule has 0 radical (unpaired) electrons. The molecule has 7 heteroatoms. The first-order valence-corrected chi connectivity index (χ1v) is 13.6. The second-order valence-electron chi connectivity index (χ2n) is 10.2. The number of oxazole rings is 1. The third-order valence-electron chi connectivity index (χ3n) is 7.66. The molecule has 38 heavy (non-hydrogen) atoms. The number of hydrogen-bond acceptors (Lipinski definition) is 6. The highest BCUT2D eigenvalue weighted by Gasteiger charge is 2.28. The van der Waals surface area contributed by atoms with Gasteiger partial charge in [-0.2, -0.15) is 0 Å². The molecule has 2 N–H and O–H groups in total. The first-order chi connectivity index (χ1) is 18.7. The minimum Gasteiger partial charge on any atom is -0.443 e. The van der Waals surface area contributed by atoms with Gasteiger partial charge >= 0.3 is 0 Å². The molecule has 7 nitrogen and oxygen atoms in total. The number of ketones is 1. The quantitative estimate of drug-likeness (QED) is 0.277. The highest BCUT2D eigenvalue weighted by molar-refractivity contribution is 6.13. The molecule has 4 aromatic rings. The van der Waals surface area contributed by atoms with Crippen LogP contribution in [0.5, 0.6) is 0 Å². The first kappa shape index (κ1) is 24.4. The molecule has 1 aromatic heterocycles. The smallest absolute Gasteiger partial charge is 0.255 e. The van der Waals surface area contributed by atoms with Gasteiger partial charge in [0.1, 0.15) is 5.52 Å². The zero-order chi connectivity index (χ0) is 25.9. The topological polar surface area (TPSA) is 87.5 Å². The van der Waals surface area contributed by atoms with Crippen molar-refractivity contribution in [2.24, 2.45) is 0 Å². The van der Waals surface area contributed by atoms with Crippen molar-refractivity contribution < 1.29 is 14.0 Å². The van der Waals surface area contributed by atoms with Crippen molar-refractivity contribution in [2.45, 2.75) is 38.5 Å². The standard InChI is InChI=1S/C31H32N4O3/c36-28-15-13-24-23(25-6-4-7-27-30(25)38-20-33-27)12-14-26(29(24)28)34-31(37)21-8-10-22(11-9-21)32-16-5-19-35-17-2-1-3-18-35/h4,6-12,14,20,32H,1-3,5,13,15-19H2,(H,34,37). The summed E-state index contributed by atoms with van der Waals surface area (Å²) in [6, 6.07) is 17.1. The monoisotopic (exact) mass is 508 g/mol. The molecule has 2 heterocycles. The summed E-state index contributed by atoms with van der Waals surface area (Å²) in [6.45, 7) is 4.48. The van der Waals surface area contributed by atoms with E-state index in [1.165, 1.54) is 38.7 Å². The average Bonchev–Trinajstić information content (AvgIpc) is 3.59. The maximum Gasteiger partial charge on any atom is 0.255 e. The van der Waals surface area contributed by atoms with Gasteiger partial charge in [0.15, 0.2) is 17.8 Å². The van der Waals surface area contributed by atoms with E-state index in [-0.39, 0.29) is 11.7 Å². The zero-order valence-corrected chi connectivity index (χ0v) is 21.5. The molecule has 0 bridgehead atoms. The van der Waals surface area contributed by atoms with Crippen LogP contribution in [0.4, 0.5) is 11.4 Å². The van der Waals surface area contributed by atoms with Gasteiger partial charge in [-0.15, -0.1) is 0 Å². The number of rotatable bonds is 8. The number of Topliss-reactive ketones (excluding diaryl/α,β-unsaturated/α-hetero) is 1. The Hall–Kier alpha value is -3.97. The Balaban J connectivity index is 1.13. The number of para-hydroxylation sites is 1. The Kier molecular flexibility index (Phi) is 6.92. The molecule has 0 saturated carbocycles. The van der Waals surface area contributed by atoms with Gasteiger partial charge in [-0.1, -0.05) is 24.6 Å². The molecule has 3 aromatic carbocycles. The predicted octanol–water partition coefficient (Wildman–Crippen LogP) is 6.16. The molecule has 1 aliphatic heterocycles. The molecule has 0 unspecified atom stereocenters. The lowest BCUT2D eigenvalue weighted by Crippen LogP contribution is -2.31. The summed E-state index contributed by atoms with van der Waals surface area (Å²) in [5.41, 5.74) is 6.98. The normalized spacial score (nSPS) is 15.5. The third kappa shape index (κ3) is 4.94. The average molecular weight is 509 g/mol. The van der Waals surface area contributed by atoms with Crippen molar-refractivity contribution in [3.63, 3.8) is 0 Å². The highest BCUT2D eigenvalue weighted by atomic mass is 16.3. The number of carbonyl (C=O) groups is 2. The van der Waals surface area contributed by atoms with Crippen molar-refractivity contribution in [2.75, 3.05) is 36.8 Å². The molecule has 6 rings (SSSR count). The third-order valence-corrected chi connectivity index (χ3v) is 7.66. The maximum atomic E-state index is 13.1. The van der Waals surface area contributed by atoms with Gasteiger partial charge < -0.3 is 20.0 Å². The van der Waals surface area contributed by atoms with Gasteiger partial charge in [0.05, 0.1) is 5.69 Å². The number of amides is 1. The zero-order valence-electron chi connectivity index (χ0n) is 21.5. The minimum absolute atomic E-state index is 0.0472. The number of likely N-dealkylation sites (tertiary alicyclic amines) is 1. The molecular weight excluding hydrogens is 476 g/mol. The van der Waals surface area contributed by atoms with E-state index in [1.807, 2.05) is 54.6 Å². The Bertz CT molecular complexity index is 1470. The number of fused-ring (bicyclic) bond motifs is 2. The van der Waals surface area contributed by atoms with Crippen LogP contribution in [0.15, 0.2) is 65.4 Å². The van der Waals surface area contributed by atoms with Crippen molar-refractivity contribution in [3.8, 4) is 11.1 Å². The van der Waals surface area contributed by atoms with E-state index in [0.29, 0.717) is 35.2 Å². The van der Waals surface area contributed by atoms with Crippen LogP contribution < -0.4 is 10.6 Å². The number of aromatic nitrogens is 1. The highest BCUT2D eigenvalue weighted by Crippen LogP contribution is 2.39. The van der Waals surface area contributed by atoms with E-state index in [1.54, 1.807) is 0 Å². The summed E-state index contributed by atoms with van der Waals surface area (Å²) in [7, 11) is 0. The van der Waals surface area contributed by atoms with Crippen LogP contribution in [0.25, 0.3) is 22.2 Å². The van der Waals surface area contributed by atoms with E-state index in [4.69, 9.17) is 4.42 Å². The fourth-order valence-corrected chi connectivity index (χ4v) is 5.70. The number of carbonyl (C=O) groups excluding carboxylic acids is 2. The van der Waals surface area contributed by atoms with Crippen LogP contribution >= 0.6 is 0 Å². The number of hydrogen-bond donors (Lipinski definition) is 2. The Morgan fingerprint density at radius 3 is 2.63 bits per heavy atom. The molecular formula is C31H32N4O3. The van der Waals surface area contributed by atoms with Gasteiger partial charge in [-0.3, -0.25) is 9.59 Å². The van der Waals surface area contributed by atoms with E-state index < -0.39 is 0 Å². The molecule has 0 spiro atoms. The Morgan fingerprint density at radius 2 is 1.79 bits per heavy atom. The summed E-state index contributed by atoms with van der Waals surface area (Å²) in [4.78, 5) is 32.8. The van der Waals surface area contributed by atoms with E-state index in [9.17, 15) is 9.59 Å². The predicted molar refractivity (Wildman–Crippen MR) is 150 cm³/mol. The van der Waals surface area contributed by atoms with Crippen molar-refractivity contribution in [3.05, 3.63) is 77.7 Å². The van der Waals surface area contributed by atoms with Crippen LogP contribution in [0.2, 0.25) is 0 Å². The van der Waals surface area contributed by atoms with Gasteiger partial charge in [0.25, 0.3) is 5.91 Å². The van der Waals surface area contributed by atoms with Crippen molar-refractivity contribution in [1.82, 2.24) is 9.88 Å². The lowest BCUT2D eigenvalue weighted by molar-refractivity contribution is 0.0995. The van der Waals surface area contributed by atoms with Crippen LogP contribution in [0.1, 0.15) is 58.4 Å². The molecule has 0 atom stereocenters. The number of benzene rings is 3. The van der Waals surface area contributed by atoms with E-state index in [2.05, 4.69) is 20.5 Å². The van der Waals surface area contributed by atoms with Crippen LogP contribution in [0.3, 0.4) is 0 Å². The number of piperidine rings is 1. The summed E-state index contributed by atoms with van der Waals surface area (Å²) in [6.07, 6.45) is 7.59. The minimum atomic E-state index is -0.228. The molecule has 1 aliphatic carbocycles. The lowest BCUT2D eigenvalue weighted by atomic mass is 9.95. The van der Waals surface area contributed by atoms with Crippen LogP contribution in [0, 0.1) is 0 Å². The molecule has 1 saturated heterocycles. The van der Waals surface area contributed by atoms with Gasteiger partial charge in [-0.05, 0) is 92.8 Å². The molecule has 2 aliphatic rings. The summed E-state index contributed by atoms with van der Waals surface area (Å²) in [5.74, 6) is -0.181. The molecule has 1 fully saturated rings. The summed E-state index contributed by atoms with van der Waals surface area (Å²) in [5, 5.41) is 6.44. The van der Waals surface area contributed by atoms with Gasteiger partial charge in [0.2, 0.25) is 0 Å². The summed E-state index contributed by atoms with van der Waals surface area (Å²) < 4.78 is 5.64. The number of nitrogens with zero attached hydrogens (tertiary/aromatic N) is 2. The maximum absolute atomic E-state index is 13.1. The molecule has 194 valence electrons. The second kappa shape index (κ2) is 10.8. The van der Waals surface area contributed by atoms with Gasteiger partial charge in [-0.25, -0.2) is 4.98 Å². The molecule has 1 amide bonds. The lowest BCUT2D eigenvalue weighted by Gasteiger charge is -2.26. The van der Waals surface area contributed by atoms with E-state index >= 15 is 0 Å². The largest absolute Gasteiger partial charge is 0.443 e. The Labute approximate surface area is 222 Å². The fraction of sp³-hybridized carbons (Fsp3) is 0.323. The van der Waals surface area contributed by atoms with Crippen molar-refractivity contribution >= 4 is 34.2 Å². The van der Waals surface area contributed by atoms with Crippen LogP contribution in [-0.2, 0) is 6.42 Å². The first-order valence-electron chi connectivity index (χ1n) is 13.6.